The van der Waals surface area contributed by atoms with Gasteiger partial charge in [0.05, 0.1) is 13.0 Å². The number of nitrogens with one attached hydrogen (secondary N) is 1. The van der Waals surface area contributed by atoms with E-state index in [1.165, 1.54) is 13.2 Å². The molecule has 0 spiro atoms. The number of methoxy groups -OCH3 is 1. The van der Waals surface area contributed by atoms with Crippen molar-refractivity contribution in [2.45, 2.75) is 6.92 Å². The van der Waals surface area contributed by atoms with Crippen molar-refractivity contribution in [3.63, 3.8) is 0 Å². The lowest BCUT2D eigenvalue weighted by Crippen LogP contribution is -2.01. The number of hydrogen-bond acceptors (Lipinski definition) is 3. The zero-order chi connectivity index (χ0) is 10.7. The Kier molecular flexibility index (Phi) is 3.30. The molecular weight excluding hydrogens is 206 g/mol. The largest absolute Gasteiger partial charge is 0.464 e. The number of aryl methyl sites for hydroxylation is 1. The van der Waals surface area contributed by atoms with Crippen LogP contribution in [-0.4, -0.2) is 29.7 Å². The Morgan fingerprint density at radius 3 is 2.71 bits per heavy atom. The standard InChI is InChI=1S/C9H10ClNO3/c1-5-6(8(12)4-10)3-7(11-5)9(13)14-2/h3,11H,4H2,1-2H3. The summed E-state index contributed by atoms with van der Waals surface area (Å²) in [4.78, 5) is 25.1. The molecule has 0 aliphatic carbocycles. The zero-order valence-electron chi connectivity index (χ0n) is 7.89. The van der Waals surface area contributed by atoms with Crippen LogP contribution in [0.4, 0.5) is 0 Å². The molecule has 1 aromatic heterocycles. The van der Waals surface area contributed by atoms with Crippen molar-refractivity contribution in [1.29, 1.82) is 0 Å². The second-order valence-electron chi connectivity index (χ2n) is 2.77. The highest BCUT2D eigenvalue weighted by atomic mass is 35.5. The normalized spacial score (nSPS) is 9.93. The number of ether oxygens (including phenoxy) is 1. The Bertz CT molecular complexity index is 370. The van der Waals surface area contributed by atoms with Gasteiger partial charge in [0.2, 0.25) is 0 Å². The zero-order valence-corrected chi connectivity index (χ0v) is 8.64. The second kappa shape index (κ2) is 4.28. The number of aromatic amines is 1. The minimum absolute atomic E-state index is 0.0979. The van der Waals surface area contributed by atoms with Crippen LogP contribution < -0.4 is 0 Å². The van der Waals surface area contributed by atoms with Crippen LogP contribution in [0.2, 0.25) is 0 Å². The number of carbonyl (C=O) groups is 2. The molecule has 76 valence electrons. The van der Waals surface area contributed by atoms with Crippen LogP contribution >= 0.6 is 11.6 Å². The molecule has 0 saturated carbocycles. The van der Waals surface area contributed by atoms with E-state index >= 15 is 0 Å². The lowest BCUT2D eigenvalue weighted by molar-refractivity contribution is 0.0594. The van der Waals surface area contributed by atoms with Crippen molar-refractivity contribution < 1.29 is 14.3 Å². The van der Waals surface area contributed by atoms with Crippen molar-refractivity contribution in [2.75, 3.05) is 13.0 Å². The van der Waals surface area contributed by atoms with E-state index in [9.17, 15) is 9.59 Å². The third-order valence-electron chi connectivity index (χ3n) is 1.84. The number of hydrogen-bond donors (Lipinski definition) is 1. The fourth-order valence-corrected chi connectivity index (χ4v) is 1.28. The van der Waals surface area contributed by atoms with Crippen LogP contribution in [0, 0.1) is 6.92 Å². The number of Topliss-reactive ketones (excluding diaryl/α,β-unsaturated/α-hetero) is 1. The first-order valence-electron chi connectivity index (χ1n) is 3.97. The molecule has 0 amide bonds. The highest BCUT2D eigenvalue weighted by Crippen LogP contribution is 2.12. The Morgan fingerprint density at radius 1 is 1.57 bits per heavy atom. The number of esters is 1. The highest BCUT2D eigenvalue weighted by Gasteiger charge is 2.15. The van der Waals surface area contributed by atoms with Gasteiger partial charge in [0.15, 0.2) is 5.78 Å². The first-order valence-corrected chi connectivity index (χ1v) is 4.50. The summed E-state index contributed by atoms with van der Waals surface area (Å²) in [6, 6.07) is 1.45. The van der Waals surface area contributed by atoms with Crippen molar-refractivity contribution in [3.8, 4) is 0 Å². The van der Waals surface area contributed by atoms with E-state index in [-0.39, 0.29) is 17.4 Å². The molecule has 0 bridgehead atoms. The fraction of sp³-hybridized carbons (Fsp3) is 0.333. The number of ketones is 1. The maximum Gasteiger partial charge on any atom is 0.354 e. The molecule has 1 aromatic rings. The van der Waals surface area contributed by atoms with Crippen molar-refractivity contribution in [2.24, 2.45) is 0 Å². The molecule has 0 fully saturated rings. The topological polar surface area (TPSA) is 59.2 Å². The van der Waals surface area contributed by atoms with Gasteiger partial charge in [-0.15, -0.1) is 11.6 Å². The van der Waals surface area contributed by atoms with Crippen LogP contribution in [-0.2, 0) is 4.74 Å². The predicted octanol–water partition coefficient (Wildman–Crippen LogP) is 1.53. The Morgan fingerprint density at radius 2 is 2.21 bits per heavy atom. The molecule has 0 saturated heterocycles. The molecule has 0 aliphatic rings. The molecule has 0 radical (unpaired) electrons. The average molecular weight is 216 g/mol. The van der Waals surface area contributed by atoms with Crippen molar-refractivity contribution >= 4 is 23.4 Å². The molecule has 1 rings (SSSR count). The molecule has 0 aromatic carbocycles. The van der Waals surface area contributed by atoms with Gasteiger partial charge < -0.3 is 9.72 Å². The Hall–Kier alpha value is -1.29. The van der Waals surface area contributed by atoms with E-state index in [1.807, 2.05) is 0 Å². The van der Waals surface area contributed by atoms with Crippen LogP contribution in [0.3, 0.4) is 0 Å². The summed E-state index contributed by atoms with van der Waals surface area (Å²) in [7, 11) is 1.28. The SMILES string of the molecule is COC(=O)c1cc(C(=O)CCl)c(C)[nH]1. The number of H-pyrrole nitrogens is 1. The average Bonchev–Trinajstić information content (AvgIpc) is 2.58. The van der Waals surface area contributed by atoms with Gasteiger partial charge >= 0.3 is 5.97 Å². The monoisotopic (exact) mass is 215 g/mol. The molecule has 0 atom stereocenters. The lowest BCUT2D eigenvalue weighted by Gasteiger charge is -1.92. The first-order chi connectivity index (χ1) is 6.60. The molecule has 1 heterocycles. The minimum atomic E-state index is -0.498. The number of halogens is 1. The number of alkyl halides is 1. The predicted molar refractivity (Wildman–Crippen MR) is 51.9 cm³/mol. The summed E-state index contributed by atoms with van der Waals surface area (Å²) in [5.74, 6) is -0.809. The van der Waals surface area contributed by atoms with Crippen LogP contribution in [0.5, 0.6) is 0 Å². The molecule has 0 unspecified atom stereocenters. The maximum atomic E-state index is 11.3. The molecule has 14 heavy (non-hydrogen) atoms. The van der Waals surface area contributed by atoms with Gasteiger partial charge in [-0.05, 0) is 13.0 Å². The molecule has 4 nitrogen and oxygen atoms in total. The summed E-state index contributed by atoms with van der Waals surface area (Å²) in [5, 5.41) is 0. The third kappa shape index (κ3) is 1.96. The quantitative estimate of drug-likeness (QED) is 0.473. The van der Waals surface area contributed by atoms with Gasteiger partial charge in [-0.2, -0.15) is 0 Å². The van der Waals surface area contributed by atoms with Crippen LogP contribution in [0.1, 0.15) is 26.5 Å². The number of aromatic nitrogens is 1. The van der Waals surface area contributed by atoms with Gasteiger partial charge in [-0.25, -0.2) is 4.79 Å². The smallest absolute Gasteiger partial charge is 0.354 e. The van der Waals surface area contributed by atoms with Gasteiger partial charge in [0, 0.05) is 11.3 Å². The van der Waals surface area contributed by atoms with Crippen LogP contribution in [0.15, 0.2) is 6.07 Å². The van der Waals surface area contributed by atoms with Crippen molar-refractivity contribution in [3.05, 3.63) is 23.0 Å². The van der Waals surface area contributed by atoms with E-state index in [2.05, 4.69) is 9.72 Å². The van der Waals surface area contributed by atoms with E-state index in [0.29, 0.717) is 11.3 Å². The van der Waals surface area contributed by atoms with E-state index in [1.54, 1.807) is 6.92 Å². The van der Waals surface area contributed by atoms with Gasteiger partial charge in [0.25, 0.3) is 0 Å². The van der Waals surface area contributed by atoms with E-state index in [0.717, 1.165) is 0 Å². The molecular formula is C9H10ClNO3. The van der Waals surface area contributed by atoms with Gasteiger partial charge in [0.1, 0.15) is 5.69 Å². The summed E-state index contributed by atoms with van der Waals surface area (Å²) in [6.07, 6.45) is 0. The summed E-state index contributed by atoms with van der Waals surface area (Å²) in [5.41, 5.74) is 1.31. The van der Waals surface area contributed by atoms with Crippen LogP contribution in [0.25, 0.3) is 0 Å². The lowest BCUT2D eigenvalue weighted by atomic mass is 10.2. The highest BCUT2D eigenvalue weighted by molar-refractivity contribution is 6.30. The number of carbonyl (C=O) groups excluding carboxylic acids is 2. The fourth-order valence-electron chi connectivity index (χ4n) is 1.14. The Labute approximate surface area is 86.2 Å². The molecule has 0 aliphatic heterocycles. The van der Waals surface area contributed by atoms with E-state index in [4.69, 9.17) is 11.6 Å². The second-order valence-corrected chi connectivity index (χ2v) is 3.04. The molecule has 1 N–H and O–H groups in total. The third-order valence-corrected chi connectivity index (χ3v) is 2.08. The maximum absolute atomic E-state index is 11.3. The van der Waals surface area contributed by atoms with Crippen molar-refractivity contribution in [1.82, 2.24) is 4.98 Å². The summed E-state index contributed by atoms with van der Waals surface area (Å²) >= 11 is 5.40. The molecule has 5 heteroatoms. The van der Waals surface area contributed by atoms with E-state index < -0.39 is 5.97 Å². The summed E-state index contributed by atoms with van der Waals surface area (Å²) < 4.78 is 4.50. The Balaban J connectivity index is 3.05. The minimum Gasteiger partial charge on any atom is -0.464 e. The summed E-state index contributed by atoms with van der Waals surface area (Å²) in [6.45, 7) is 1.70. The van der Waals surface area contributed by atoms with Gasteiger partial charge in [-0.3, -0.25) is 4.79 Å². The number of rotatable bonds is 3. The first kappa shape index (κ1) is 10.8. The van der Waals surface area contributed by atoms with Gasteiger partial charge in [-0.1, -0.05) is 0 Å².